The van der Waals surface area contributed by atoms with Crippen molar-refractivity contribution in [2.45, 2.75) is 0 Å². The molecule has 0 bridgehead atoms. The first-order valence-electron chi connectivity index (χ1n) is 5.50. The fourth-order valence-electron chi connectivity index (χ4n) is 1.69. The van der Waals surface area contributed by atoms with E-state index in [2.05, 4.69) is 21.2 Å². The van der Waals surface area contributed by atoms with E-state index in [0.29, 0.717) is 10.2 Å². The van der Waals surface area contributed by atoms with Gasteiger partial charge in [-0.3, -0.25) is 4.79 Å². The van der Waals surface area contributed by atoms with Crippen molar-refractivity contribution in [1.29, 1.82) is 0 Å². The van der Waals surface area contributed by atoms with Crippen molar-refractivity contribution in [3.05, 3.63) is 51.2 Å². The average Bonchev–Trinajstić information content (AvgIpc) is 2.35. The highest BCUT2D eigenvalue weighted by Crippen LogP contribution is 2.35. The molecule has 2 aromatic carbocycles. The zero-order chi connectivity index (χ0) is 14.9. The summed E-state index contributed by atoms with van der Waals surface area (Å²) < 4.78 is 14.3. The summed E-state index contributed by atoms with van der Waals surface area (Å²) in [6.07, 6.45) is 0. The highest BCUT2D eigenvalue weighted by atomic mass is 79.9. The number of primary amides is 1. The second-order valence-corrected chi connectivity index (χ2v) is 5.27. The lowest BCUT2D eigenvalue weighted by molar-refractivity contribution is 0.100. The van der Waals surface area contributed by atoms with Crippen LogP contribution < -0.4 is 16.8 Å². The average molecular weight is 359 g/mol. The zero-order valence-electron chi connectivity index (χ0n) is 10.1. The van der Waals surface area contributed by atoms with Gasteiger partial charge >= 0.3 is 0 Å². The van der Waals surface area contributed by atoms with Crippen molar-refractivity contribution in [3.63, 3.8) is 0 Å². The quantitative estimate of drug-likeness (QED) is 0.732. The van der Waals surface area contributed by atoms with Gasteiger partial charge in [0.05, 0.1) is 22.0 Å². The van der Waals surface area contributed by atoms with E-state index in [0.717, 1.165) is 0 Å². The molecule has 0 unspecified atom stereocenters. The Morgan fingerprint density at radius 2 is 2.00 bits per heavy atom. The molecule has 1 amide bonds. The van der Waals surface area contributed by atoms with Crippen LogP contribution >= 0.6 is 27.5 Å². The molecule has 0 aliphatic rings. The number of nitrogens with one attached hydrogen (secondary N) is 1. The Labute approximate surface area is 128 Å². The topological polar surface area (TPSA) is 81.1 Å². The van der Waals surface area contributed by atoms with Gasteiger partial charge in [0.15, 0.2) is 0 Å². The summed E-state index contributed by atoms with van der Waals surface area (Å²) in [4.78, 5) is 11.4. The molecule has 0 aliphatic carbocycles. The number of carbonyl (C=O) groups excluding carboxylic acids is 1. The van der Waals surface area contributed by atoms with Crippen LogP contribution in [0.15, 0.2) is 34.8 Å². The van der Waals surface area contributed by atoms with Gasteiger partial charge in [0.1, 0.15) is 5.82 Å². The van der Waals surface area contributed by atoms with E-state index >= 15 is 0 Å². The monoisotopic (exact) mass is 357 g/mol. The molecule has 2 rings (SSSR count). The lowest BCUT2D eigenvalue weighted by Crippen LogP contribution is -2.14. The summed E-state index contributed by atoms with van der Waals surface area (Å²) in [6.45, 7) is 0. The number of nitrogens with two attached hydrogens (primary N) is 2. The summed E-state index contributed by atoms with van der Waals surface area (Å²) in [7, 11) is 0. The smallest absolute Gasteiger partial charge is 0.250 e. The molecule has 5 N–H and O–H groups in total. The number of rotatable bonds is 3. The Kier molecular flexibility index (Phi) is 4.15. The molecule has 7 heteroatoms. The van der Waals surface area contributed by atoms with Crippen LogP contribution in [0.1, 0.15) is 10.4 Å². The second kappa shape index (κ2) is 5.68. The Morgan fingerprint density at radius 3 is 2.60 bits per heavy atom. The first-order valence-corrected chi connectivity index (χ1v) is 6.67. The van der Waals surface area contributed by atoms with E-state index in [1.165, 1.54) is 18.2 Å². The van der Waals surface area contributed by atoms with Gasteiger partial charge in [-0.05, 0) is 40.2 Å². The summed E-state index contributed by atoms with van der Waals surface area (Å²) in [6, 6.07) is 7.31. The number of nitrogen functional groups attached to an aromatic ring is 1. The lowest BCUT2D eigenvalue weighted by Gasteiger charge is -2.14. The molecule has 4 nitrogen and oxygen atoms in total. The number of anilines is 3. The van der Waals surface area contributed by atoms with E-state index < -0.39 is 11.7 Å². The molecule has 0 fully saturated rings. The molecular formula is C13H10BrClFN3O. The third kappa shape index (κ3) is 2.86. The first kappa shape index (κ1) is 14.6. The van der Waals surface area contributed by atoms with E-state index in [4.69, 9.17) is 23.1 Å². The molecule has 0 aliphatic heterocycles. The maximum atomic E-state index is 13.8. The van der Waals surface area contributed by atoms with Crippen LogP contribution in [0.2, 0.25) is 5.02 Å². The number of para-hydroxylation sites is 1. The molecule has 0 saturated heterocycles. The maximum Gasteiger partial charge on any atom is 0.250 e. The van der Waals surface area contributed by atoms with Crippen molar-refractivity contribution < 1.29 is 9.18 Å². The predicted molar refractivity (Wildman–Crippen MR) is 81.8 cm³/mol. The maximum absolute atomic E-state index is 13.8. The summed E-state index contributed by atoms with van der Waals surface area (Å²) in [5, 5.41) is 2.95. The normalized spacial score (nSPS) is 10.3. The van der Waals surface area contributed by atoms with Gasteiger partial charge in [-0.25, -0.2) is 4.39 Å². The molecule has 0 heterocycles. The molecule has 0 atom stereocenters. The van der Waals surface area contributed by atoms with Crippen molar-refractivity contribution in [2.75, 3.05) is 11.1 Å². The minimum absolute atomic E-state index is 0.0881. The molecule has 2 aromatic rings. The van der Waals surface area contributed by atoms with Crippen LogP contribution in [-0.2, 0) is 0 Å². The number of halogens is 3. The molecular weight excluding hydrogens is 349 g/mol. The second-order valence-electron chi connectivity index (χ2n) is 4.01. The van der Waals surface area contributed by atoms with E-state index in [1.807, 2.05) is 0 Å². The lowest BCUT2D eigenvalue weighted by atomic mass is 10.1. The van der Waals surface area contributed by atoms with Crippen molar-refractivity contribution >= 4 is 50.5 Å². The van der Waals surface area contributed by atoms with Gasteiger partial charge in [-0.15, -0.1) is 0 Å². The number of hydrogen-bond acceptors (Lipinski definition) is 3. The van der Waals surface area contributed by atoms with Crippen molar-refractivity contribution in [3.8, 4) is 0 Å². The standard InChI is InChI=1S/C13H10BrClFN3O/c14-8-2-1-3-10(16)12(8)19-11-7(13(18)20)4-6(17)5-9(11)15/h1-5,19H,17H2,(H2,18,20). The largest absolute Gasteiger partial charge is 0.399 e. The van der Waals surface area contributed by atoms with Gasteiger partial charge in [0, 0.05) is 10.2 Å². The van der Waals surface area contributed by atoms with Crippen molar-refractivity contribution in [1.82, 2.24) is 0 Å². The minimum Gasteiger partial charge on any atom is -0.399 e. The third-order valence-corrected chi connectivity index (χ3v) is 3.55. The van der Waals surface area contributed by atoms with Gasteiger partial charge < -0.3 is 16.8 Å². The van der Waals surface area contributed by atoms with Gasteiger partial charge in [-0.2, -0.15) is 0 Å². The number of carbonyl (C=O) groups is 1. The Bertz CT molecular complexity index is 673. The number of amides is 1. The molecule has 0 radical (unpaired) electrons. The first-order chi connectivity index (χ1) is 9.40. The van der Waals surface area contributed by atoms with Gasteiger partial charge in [-0.1, -0.05) is 17.7 Å². The van der Waals surface area contributed by atoms with Gasteiger partial charge in [0.2, 0.25) is 0 Å². The fourth-order valence-corrected chi connectivity index (χ4v) is 2.41. The Hall–Kier alpha value is -1.79. The zero-order valence-corrected chi connectivity index (χ0v) is 12.4. The van der Waals surface area contributed by atoms with Crippen LogP contribution in [0, 0.1) is 5.82 Å². The van der Waals surface area contributed by atoms with E-state index in [9.17, 15) is 9.18 Å². The third-order valence-electron chi connectivity index (χ3n) is 2.59. The van der Waals surface area contributed by atoms with Crippen LogP contribution in [-0.4, -0.2) is 5.91 Å². The SMILES string of the molecule is NC(=O)c1cc(N)cc(Cl)c1Nc1c(F)cccc1Br. The van der Waals surface area contributed by atoms with Crippen LogP contribution in [0.3, 0.4) is 0 Å². The fraction of sp³-hybridized carbons (Fsp3) is 0. The summed E-state index contributed by atoms with van der Waals surface area (Å²) >= 11 is 9.26. The highest BCUT2D eigenvalue weighted by Gasteiger charge is 2.16. The van der Waals surface area contributed by atoms with Crippen molar-refractivity contribution in [2.24, 2.45) is 5.73 Å². The highest BCUT2D eigenvalue weighted by molar-refractivity contribution is 9.10. The Balaban J connectivity index is 2.56. The molecule has 20 heavy (non-hydrogen) atoms. The van der Waals surface area contributed by atoms with E-state index in [1.54, 1.807) is 12.1 Å². The molecule has 0 saturated carbocycles. The van der Waals surface area contributed by atoms with Crippen LogP contribution in [0.5, 0.6) is 0 Å². The van der Waals surface area contributed by atoms with Crippen LogP contribution in [0.25, 0.3) is 0 Å². The van der Waals surface area contributed by atoms with Crippen LogP contribution in [0.4, 0.5) is 21.5 Å². The predicted octanol–water partition coefficient (Wildman–Crippen LogP) is 3.67. The molecule has 0 spiro atoms. The molecule has 0 aromatic heterocycles. The Morgan fingerprint density at radius 1 is 1.30 bits per heavy atom. The molecule has 104 valence electrons. The summed E-state index contributed by atoms with van der Waals surface area (Å²) in [5.74, 6) is -1.21. The minimum atomic E-state index is -0.714. The summed E-state index contributed by atoms with van der Waals surface area (Å²) in [5.41, 5.74) is 11.6. The number of benzene rings is 2. The van der Waals surface area contributed by atoms with Gasteiger partial charge in [0.25, 0.3) is 5.91 Å². The number of hydrogen-bond donors (Lipinski definition) is 3. The van der Waals surface area contributed by atoms with E-state index in [-0.39, 0.29) is 22.0 Å².